The Labute approximate surface area is 108 Å². The molecule has 1 heterocycles. The minimum absolute atomic E-state index is 0.328. The molecule has 0 amide bonds. The van der Waals surface area contributed by atoms with Crippen LogP contribution in [0.3, 0.4) is 0 Å². The molecule has 1 aromatic rings. The zero-order valence-corrected chi connectivity index (χ0v) is 11.0. The van der Waals surface area contributed by atoms with Crippen molar-refractivity contribution in [2.75, 3.05) is 23.3 Å². The third kappa shape index (κ3) is 3.09. The maximum absolute atomic E-state index is 5.57. The first-order valence-corrected chi connectivity index (χ1v) is 6.50. The number of hydrogen-bond acceptors (Lipinski definition) is 2. The van der Waals surface area contributed by atoms with Gasteiger partial charge in [-0.2, -0.15) is 0 Å². The van der Waals surface area contributed by atoms with Crippen molar-refractivity contribution in [3.63, 3.8) is 0 Å². The summed E-state index contributed by atoms with van der Waals surface area (Å²) in [5, 5.41) is 3.41. The number of piperidine rings is 1. The van der Waals surface area contributed by atoms with E-state index in [2.05, 4.69) is 35.3 Å². The van der Waals surface area contributed by atoms with E-state index in [0.717, 1.165) is 18.8 Å². The van der Waals surface area contributed by atoms with Gasteiger partial charge in [0.1, 0.15) is 0 Å². The fourth-order valence-electron chi connectivity index (χ4n) is 2.29. The van der Waals surface area contributed by atoms with Crippen LogP contribution in [-0.2, 0) is 0 Å². The van der Waals surface area contributed by atoms with Crippen LogP contribution in [0.4, 0.5) is 11.4 Å². The molecule has 92 valence electrons. The first-order chi connectivity index (χ1) is 8.16. The highest BCUT2D eigenvalue weighted by Gasteiger charge is 2.14. The predicted molar refractivity (Wildman–Crippen MR) is 77.7 cm³/mol. The second-order valence-corrected chi connectivity index (χ2v) is 5.00. The first kappa shape index (κ1) is 12.2. The summed E-state index contributed by atoms with van der Waals surface area (Å²) in [5.74, 6) is 0. The molecule has 3 nitrogen and oxygen atoms in total. The van der Waals surface area contributed by atoms with Crippen LogP contribution in [0.2, 0.25) is 0 Å². The lowest BCUT2D eigenvalue weighted by molar-refractivity contribution is 0.578. The van der Waals surface area contributed by atoms with Crippen molar-refractivity contribution < 1.29 is 0 Å². The molecule has 0 unspecified atom stereocenters. The summed E-state index contributed by atoms with van der Waals surface area (Å²) in [5.41, 5.74) is 9.03. The van der Waals surface area contributed by atoms with E-state index in [1.165, 1.54) is 30.5 Å². The van der Waals surface area contributed by atoms with E-state index in [9.17, 15) is 0 Å². The van der Waals surface area contributed by atoms with Crippen LogP contribution in [0.25, 0.3) is 0 Å². The third-order valence-electron chi connectivity index (χ3n) is 3.11. The Morgan fingerprint density at radius 3 is 2.65 bits per heavy atom. The standard InChI is InChI=1S/C13H19N3S/c1-10-5-6-12(11(9-10)15-13(14)17)16-7-3-2-4-8-16/h5-6,9H,2-4,7-8H2,1H3,(H3,14,15,17). The van der Waals surface area contributed by atoms with E-state index >= 15 is 0 Å². The molecule has 1 aromatic carbocycles. The Balaban J connectivity index is 2.27. The van der Waals surface area contributed by atoms with Gasteiger partial charge in [-0.1, -0.05) is 6.07 Å². The van der Waals surface area contributed by atoms with Crippen LogP contribution in [0.15, 0.2) is 18.2 Å². The normalized spacial score (nSPS) is 15.7. The highest BCUT2D eigenvalue weighted by molar-refractivity contribution is 7.80. The van der Waals surface area contributed by atoms with Crippen LogP contribution in [0.5, 0.6) is 0 Å². The van der Waals surface area contributed by atoms with Gasteiger partial charge in [0.15, 0.2) is 5.11 Å². The Hall–Kier alpha value is -1.29. The summed E-state index contributed by atoms with van der Waals surface area (Å²) in [4.78, 5) is 2.41. The molecule has 0 saturated carbocycles. The molecule has 1 saturated heterocycles. The Kier molecular flexibility index (Phi) is 3.84. The summed E-state index contributed by atoms with van der Waals surface area (Å²) in [7, 11) is 0. The quantitative estimate of drug-likeness (QED) is 0.791. The van der Waals surface area contributed by atoms with E-state index in [1.54, 1.807) is 0 Å². The Morgan fingerprint density at radius 1 is 1.29 bits per heavy atom. The zero-order chi connectivity index (χ0) is 12.3. The second-order valence-electron chi connectivity index (χ2n) is 4.56. The van der Waals surface area contributed by atoms with Gasteiger partial charge in [-0.3, -0.25) is 0 Å². The lowest BCUT2D eigenvalue weighted by Gasteiger charge is -2.30. The monoisotopic (exact) mass is 249 g/mol. The van der Waals surface area contributed by atoms with Crippen LogP contribution in [-0.4, -0.2) is 18.2 Å². The van der Waals surface area contributed by atoms with E-state index < -0.39 is 0 Å². The first-order valence-electron chi connectivity index (χ1n) is 6.09. The van der Waals surface area contributed by atoms with Gasteiger partial charge >= 0.3 is 0 Å². The molecule has 3 N–H and O–H groups in total. The number of nitrogens with two attached hydrogens (primary N) is 1. The summed E-state index contributed by atoms with van der Waals surface area (Å²) in [6.07, 6.45) is 3.86. The van der Waals surface area contributed by atoms with Crippen molar-refractivity contribution in [2.24, 2.45) is 5.73 Å². The van der Waals surface area contributed by atoms with Crippen molar-refractivity contribution >= 4 is 28.7 Å². The number of rotatable bonds is 2. The molecule has 0 spiro atoms. The van der Waals surface area contributed by atoms with E-state index in [1.807, 2.05) is 0 Å². The zero-order valence-electron chi connectivity index (χ0n) is 10.2. The molecule has 1 fully saturated rings. The van der Waals surface area contributed by atoms with Crippen molar-refractivity contribution in [3.8, 4) is 0 Å². The van der Waals surface area contributed by atoms with Gasteiger partial charge < -0.3 is 16.0 Å². The van der Waals surface area contributed by atoms with Crippen LogP contribution >= 0.6 is 12.2 Å². The largest absolute Gasteiger partial charge is 0.376 e. The molecule has 1 aliphatic heterocycles. The summed E-state index contributed by atoms with van der Waals surface area (Å²) in [6.45, 7) is 4.31. The number of nitrogens with zero attached hydrogens (tertiary/aromatic N) is 1. The average molecular weight is 249 g/mol. The minimum atomic E-state index is 0.328. The van der Waals surface area contributed by atoms with Gasteiger partial charge in [0, 0.05) is 13.1 Å². The molecule has 1 aliphatic rings. The summed E-state index contributed by atoms with van der Waals surface area (Å²) < 4.78 is 0. The molecule has 0 bridgehead atoms. The SMILES string of the molecule is Cc1ccc(N2CCCCC2)c(NC(N)=S)c1. The van der Waals surface area contributed by atoms with Crippen LogP contribution in [0, 0.1) is 6.92 Å². The van der Waals surface area contributed by atoms with E-state index in [4.69, 9.17) is 18.0 Å². The molecule has 0 aromatic heterocycles. The Bertz CT molecular complexity index is 411. The maximum atomic E-state index is 5.57. The van der Waals surface area contributed by atoms with Crippen LogP contribution < -0.4 is 16.0 Å². The number of nitrogens with one attached hydrogen (secondary N) is 1. The van der Waals surface area contributed by atoms with Gasteiger partial charge in [-0.05, 0) is 56.1 Å². The number of hydrogen-bond donors (Lipinski definition) is 2. The van der Waals surface area contributed by atoms with Gasteiger partial charge in [0.2, 0.25) is 0 Å². The van der Waals surface area contributed by atoms with Crippen molar-refractivity contribution in [2.45, 2.75) is 26.2 Å². The van der Waals surface area contributed by atoms with Crippen molar-refractivity contribution in [1.82, 2.24) is 0 Å². The number of thiocarbonyl (C=S) groups is 1. The molecule has 4 heteroatoms. The minimum Gasteiger partial charge on any atom is -0.376 e. The smallest absolute Gasteiger partial charge is 0.168 e. The molecular weight excluding hydrogens is 230 g/mol. The van der Waals surface area contributed by atoms with Gasteiger partial charge in [-0.15, -0.1) is 0 Å². The second kappa shape index (κ2) is 5.36. The molecule has 17 heavy (non-hydrogen) atoms. The topological polar surface area (TPSA) is 41.3 Å². The predicted octanol–water partition coefficient (Wildman–Crippen LogP) is 2.64. The van der Waals surface area contributed by atoms with Gasteiger partial charge in [-0.25, -0.2) is 0 Å². The number of aryl methyl sites for hydroxylation is 1. The lowest BCUT2D eigenvalue weighted by Crippen LogP contribution is -2.31. The van der Waals surface area contributed by atoms with E-state index in [0.29, 0.717) is 5.11 Å². The van der Waals surface area contributed by atoms with Crippen LogP contribution in [0.1, 0.15) is 24.8 Å². The fourth-order valence-corrected chi connectivity index (χ4v) is 2.40. The van der Waals surface area contributed by atoms with Gasteiger partial charge in [0.25, 0.3) is 0 Å². The number of benzene rings is 1. The van der Waals surface area contributed by atoms with Crippen molar-refractivity contribution in [1.29, 1.82) is 0 Å². The highest BCUT2D eigenvalue weighted by atomic mass is 32.1. The third-order valence-corrected chi connectivity index (χ3v) is 3.21. The van der Waals surface area contributed by atoms with Crippen molar-refractivity contribution in [3.05, 3.63) is 23.8 Å². The average Bonchev–Trinajstić information content (AvgIpc) is 2.29. The lowest BCUT2D eigenvalue weighted by atomic mass is 10.1. The summed E-state index contributed by atoms with van der Waals surface area (Å²) >= 11 is 4.93. The molecule has 0 atom stereocenters. The summed E-state index contributed by atoms with van der Waals surface area (Å²) in [6, 6.07) is 6.39. The molecular formula is C13H19N3S. The molecule has 2 rings (SSSR count). The fraction of sp³-hybridized carbons (Fsp3) is 0.462. The highest BCUT2D eigenvalue weighted by Crippen LogP contribution is 2.29. The number of anilines is 2. The van der Waals surface area contributed by atoms with E-state index in [-0.39, 0.29) is 0 Å². The maximum Gasteiger partial charge on any atom is 0.168 e. The Morgan fingerprint density at radius 2 is 2.00 bits per heavy atom. The van der Waals surface area contributed by atoms with Gasteiger partial charge in [0.05, 0.1) is 11.4 Å². The molecule has 0 aliphatic carbocycles. The molecule has 0 radical (unpaired) electrons.